The lowest BCUT2D eigenvalue weighted by molar-refractivity contribution is -0.147. The van der Waals surface area contributed by atoms with Crippen LogP contribution in [-0.4, -0.2) is 18.5 Å². The van der Waals surface area contributed by atoms with Crippen LogP contribution in [0.3, 0.4) is 0 Å². The van der Waals surface area contributed by atoms with Crippen molar-refractivity contribution < 1.29 is 23.8 Å². The molecule has 5 heteroatoms. The zero-order valence-electron chi connectivity index (χ0n) is 17.4. The van der Waals surface area contributed by atoms with E-state index in [2.05, 4.69) is 0 Å². The van der Waals surface area contributed by atoms with Crippen molar-refractivity contribution in [1.29, 1.82) is 0 Å². The molecule has 0 aromatic heterocycles. The van der Waals surface area contributed by atoms with E-state index in [1.807, 2.05) is 54.6 Å². The molecule has 0 saturated heterocycles. The average molecular weight is 411 g/mol. The van der Waals surface area contributed by atoms with Crippen LogP contribution < -0.4 is 4.74 Å². The van der Waals surface area contributed by atoms with Crippen LogP contribution in [0.2, 0.25) is 0 Å². The molecule has 0 atom stereocenters. The Labute approximate surface area is 178 Å². The summed E-state index contributed by atoms with van der Waals surface area (Å²) in [5, 5.41) is 0. The van der Waals surface area contributed by atoms with E-state index in [9.17, 15) is 9.59 Å². The van der Waals surface area contributed by atoms with Crippen molar-refractivity contribution in [3.63, 3.8) is 0 Å². The number of ether oxygens (including phenoxy) is 3. The van der Waals surface area contributed by atoms with E-state index >= 15 is 0 Å². The molecule has 3 rings (SSSR count). The maximum Gasteiger partial charge on any atom is 0.306 e. The van der Waals surface area contributed by atoms with Gasteiger partial charge in [-0.1, -0.05) is 49.6 Å². The molecule has 1 saturated carbocycles. The molecule has 0 aliphatic heterocycles. The lowest BCUT2D eigenvalue weighted by atomic mass is 9.90. The van der Waals surface area contributed by atoms with E-state index in [1.54, 1.807) is 0 Å². The summed E-state index contributed by atoms with van der Waals surface area (Å²) < 4.78 is 16.5. The number of hydrogen-bond donors (Lipinski definition) is 0. The minimum atomic E-state index is -0.315. The zero-order valence-corrected chi connectivity index (χ0v) is 17.4. The van der Waals surface area contributed by atoms with Gasteiger partial charge >= 0.3 is 11.9 Å². The number of benzene rings is 2. The van der Waals surface area contributed by atoms with Crippen molar-refractivity contribution in [2.75, 3.05) is 6.61 Å². The van der Waals surface area contributed by atoms with Crippen LogP contribution in [0.1, 0.15) is 56.9 Å². The van der Waals surface area contributed by atoms with Gasteiger partial charge in [0.05, 0.1) is 6.61 Å². The molecule has 0 radical (unpaired) electrons. The maximum atomic E-state index is 12.0. The summed E-state index contributed by atoms with van der Waals surface area (Å²) in [6.07, 6.45) is 6.95. The first-order valence-electron chi connectivity index (χ1n) is 10.8. The molecule has 30 heavy (non-hydrogen) atoms. The van der Waals surface area contributed by atoms with E-state index in [4.69, 9.17) is 14.2 Å². The summed E-state index contributed by atoms with van der Waals surface area (Å²) in [7, 11) is 0. The highest BCUT2D eigenvalue weighted by molar-refractivity contribution is 5.72. The van der Waals surface area contributed by atoms with Gasteiger partial charge in [-0.2, -0.15) is 0 Å². The van der Waals surface area contributed by atoms with E-state index in [0.717, 1.165) is 24.2 Å². The molecule has 160 valence electrons. The van der Waals surface area contributed by atoms with E-state index in [0.29, 0.717) is 24.7 Å². The molecule has 0 amide bonds. The van der Waals surface area contributed by atoms with Gasteiger partial charge in [0, 0.05) is 12.8 Å². The predicted octanol–water partition coefficient (Wildman–Crippen LogP) is 5.82. The van der Waals surface area contributed by atoms with Crippen molar-refractivity contribution in [3.05, 3.63) is 60.2 Å². The van der Waals surface area contributed by atoms with Gasteiger partial charge < -0.3 is 14.2 Å². The SMILES string of the molecule is O=C(CCCC(=O)OCC1CCCCC1)OCc1cccc(Oc2ccccc2)c1. The first-order valence-corrected chi connectivity index (χ1v) is 10.8. The van der Waals surface area contributed by atoms with Crippen LogP contribution >= 0.6 is 0 Å². The Kier molecular flexibility index (Phi) is 8.76. The number of esters is 2. The number of hydrogen-bond acceptors (Lipinski definition) is 5. The Morgan fingerprint density at radius 1 is 0.800 bits per heavy atom. The van der Waals surface area contributed by atoms with E-state index in [1.165, 1.54) is 19.3 Å². The third-order valence-corrected chi connectivity index (χ3v) is 5.24. The second-order valence-corrected chi connectivity index (χ2v) is 7.76. The van der Waals surface area contributed by atoms with Crippen LogP contribution in [0.15, 0.2) is 54.6 Å². The zero-order chi connectivity index (χ0) is 21.0. The monoisotopic (exact) mass is 410 g/mol. The molecule has 1 fully saturated rings. The fraction of sp³-hybridized carbons (Fsp3) is 0.440. The standard InChI is InChI=1S/C25H30O5/c26-24(28-18-20-9-3-1-4-10-20)15-8-16-25(27)29-19-21-11-7-14-23(17-21)30-22-12-5-2-6-13-22/h2,5-7,11-14,17,20H,1,3-4,8-10,15-16,18-19H2. The average Bonchev–Trinajstić information content (AvgIpc) is 2.78. The fourth-order valence-electron chi connectivity index (χ4n) is 3.57. The Morgan fingerprint density at radius 3 is 2.27 bits per heavy atom. The van der Waals surface area contributed by atoms with Gasteiger partial charge in [-0.25, -0.2) is 0 Å². The lowest BCUT2D eigenvalue weighted by Gasteiger charge is -2.20. The van der Waals surface area contributed by atoms with E-state index < -0.39 is 0 Å². The van der Waals surface area contributed by atoms with Crippen LogP contribution in [0, 0.1) is 5.92 Å². The van der Waals surface area contributed by atoms with Crippen LogP contribution in [0.4, 0.5) is 0 Å². The van der Waals surface area contributed by atoms with Gasteiger partial charge in [-0.05, 0) is 55.0 Å². The summed E-state index contributed by atoms with van der Waals surface area (Å²) in [6, 6.07) is 17.0. The van der Waals surface area contributed by atoms with Crippen LogP contribution in [-0.2, 0) is 25.7 Å². The van der Waals surface area contributed by atoms with Gasteiger partial charge in [0.2, 0.25) is 0 Å². The van der Waals surface area contributed by atoms with Gasteiger partial charge in [0.15, 0.2) is 0 Å². The Hall–Kier alpha value is -2.82. The molecule has 2 aromatic rings. The summed E-state index contributed by atoms with van der Waals surface area (Å²) in [5.74, 6) is 1.41. The molecular formula is C25H30O5. The predicted molar refractivity (Wildman–Crippen MR) is 114 cm³/mol. The highest BCUT2D eigenvalue weighted by Gasteiger charge is 2.15. The number of carbonyl (C=O) groups excluding carboxylic acids is 2. The number of carbonyl (C=O) groups is 2. The smallest absolute Gasteiger partial charge is 0.306 e. The fourth-order valence-corrected chi connectivity index (χ4v) is 3.57. The molecular weight excluding hydrogens is 380 g/mol. The van der Waals surface area contributed by atoms with Crippen LogP contribution in [0.5, 0.6) is 11.5 Å². The first kappa shape index (κ1) is 21.9. The summed E-state index contributed by atoms with van der Waals surface area (Å²) in [5.41, 5.74) is 0.851. The topological polar surface area (TPSA) is 61.8 Å². The summed E-state index contributed by atoms with van der Waals surface area (Å²) >= 11 is 0. The molecule has 0 spiro atoms. The van der Waals surface area contributed by atoms with Crippen molar-refractivity contribution >= 4 is 11.9 Å². The molecule has 0 unspecified atom stereocenters. The van der Waals surface area contributed by atoms with Crippen molar-refractivity contribution in [2.24, 2.45) is 5.92 Å². The molecule has 5 nitrogen and oxygen atoms in total. The Morgan fingerprint density at radius 2 is 1.50 bits per heavy atom. The molecule has 0 heterocycles. The van der Waals surface area contributed by atoms with Gasteiger partial charge in [-0.3, -0.25) is 9.59 Å². The van der Waals surface area contributed by atoms with Crippen LogP contribution in [0.25, 0.3) is 0 Å². The molecule has 1 aliphatic rings. The largest absolute Gasteiger partial charge is 0.465 e. The van der Waals surface area contributed by atoms with Gasteiger partial charge in [0.1, 0.15) is 18.1 Å². The summed E-state index contributed by atoms with van der Waals surface area (Å²) in [6.45, 7) is 0.696. The second kappa shape index (κ2) is 12.0. The third kappa shape index (κ3) is 7.90. The molecule has 1 aliphatic carbocycles. The molecule has 0 bridgehead atoms. The van der Waals surface area contributed by atoms with Gasteiger partial charge in [-0.15, -0.1) is 0 Å². The molecule has 0 N–H and O–H groups in total. The van der Waals surface area contributed by atoms with E-state index in [-0.39, 0.29) is 31.4 Å². The van der Waals surface area contributed by atoms with Gasteiger partial charge in [0.25, 0.3) is 0 Å². The quantitative estimate of drug-likeness (QED) is 0.462. The minimum absolute atomic E-state index is 0.178. The van der Waals surface area contributed by atoms with Crippen molar-refractivity contribution in [1.82, 2.24) is 0 Å². The highest BCUT2D eigenvalue weighted by atomic mass is 16.5. The number of rotatable bonds is 10. The molecule has 2 aromatic carbocycles. The lowest BCUT2D eigenvalue weighted by Crippen LogP contribution is -2.16. The first-order chi connectivity index (χ1) is 14.7. The maximum absolute atomic E-state index is 12.0. The normalized spacial score (nSPS) is 14.1. The van der Waals surface area contributed by atoms with Crippen molar-refractivity contribution in [2.45, 2.75) is 58.0 Å². The third-order valence-electron chi connectivity index (χ3n) is 5.24. The minimum Gasteiger partial charge on any atom is -0.465 e. The summed E-state index contributed by atoms with van der Waals surface area (Å²) in [4.78, 5) is 23.8. The Bertz CT molecular complexity index is 796. The Balaban J connectivity index is 1.31. The van der Waals surface area contributed by atoms with Crippen molar-refractivity contribution in [3.8, 4) is 11.5 Å². The number of para-hydroxylation sites is 1. The highest BCUT2D eigenvalue weighted by Crippen LogP contribution is 2.24. The second-order valence-electron chi connectivity index (χ2n) is 7.76.